The van der Waals surface area contributed by atoms with E-state index in [-0.39, 0.29) is 11.4 Å². The summed E-state index contributed by atoms with van der Waals surface area (Å²) in [6.45, 7) is 0. The van der Waals surface area contributed by atoms with Gasteiger partial charge in [-0.15, -0.1) is 0 Å². The number of hydrogen-bond acceptors (Lipinski definition) is 8. The number of hydrogen-bond donors (Lipinski definition) is 4. The van der Waals surface area contributed by atoms with Crippen molar-refractivity contribution in [3.63, 3.8) is 0 Å². The Morgan fingerprint density at radius 1 is 0.947 bits per heavy atom. The molecule has 0 aliphatic heterocycles. The number of nitrogens with zero attached hydrogens (tertiary/aromatic N) is 4. The van der Waals surface area contributed by atoms with Gasteiger partial charge in [0, 0.05) is 40.8 Å². The van der Waals surface area contributed by atoms with Crippen molar-refractivity contribution in [1.82, 2.24) is 19.5 Å². The molecule has 10 heteroatoms. The predicted octanol–water partition coefficient (Wildman–Crippen LogP) is 5.38. The van der Waals surface area contributed by atoms with Gasteiger partial charge >= 0.3 is 0 Å². The molecule has 9 nitrogen and oxygen atoms in total. The minimum atomic E-state index is -0.395. The molecule has 0 fully saturated rings. The maximum Gasteiger partial charge on any atom is 0.269 e. The molecule has 0 aliphatic carbocycles. The molecule has 0 bridgehead atoms. The summed E-state index contributed by atoms with van der Waals surface area (Å²) in [5.41, 5.74) is 9.76. The van der Waals surface area contributed by atoms with Gasteiger partial charge in [-0.05, 0) is 42.5 Å². The molecular formula is C28H23ClN8O. The standard InChI is InChI=1S/C28H23ClN8O/c1-32-20-3-2-4-21(13-20)35-26-23(14-30)28(38)37(22-11-9-19(29)10-12-22)27(36-26)18-7-5-17(6-8-18)24-15-34-25(31)16-33-24/h2-16,30,32,35H,1H3,(H2,31,34). The summed E-state index contributed by atoms with van der Waals surface area (Å²) >= 11 is 6.11. The summed E-state index contributed by atoms with van der Waals surface area (Å²) in [5.74, 6) is 1.00. The number of halogens is 1. The largest absolute Gasteiger partial charge is 0.388 e. The van der Waals surface area contributed by atoms with Crippen molar-refractivity contribution in [2.24, 2.45) is 0 Å². The average molecular weight is 523 g/mol. The summed E-state index contributed by atoms with van der Waals surface area (Å²) in [6, 6.07) is 21.9. The number of nitrogens with one attached hydrogen (secondary N) is 3. The lowest BCUT2D eigenvalue weighted by atomic mass is 10.1. The molecule has 0 atom stereocenters. The van der Waals surface area contributed by atoms with Crippen molar-refractivity contribution in [3.05, 3.63) is 106 Å². The van der Waals surface area contributed by atoms with Crippen LogP contribution in [-0.4, -0.2) is 32.8 Å². The minimum absolute atomic E-state index is 0.118. The van der Waals surface area contributed by atoms with Crippen molar-refractivity contribution in [2.75, 3.05) is 23.4 Å². The zero-order valence-corrected chi connectivity index (χ0v) is 21.1. The Morgan fingerprint density at radius 2 is 1.66 bits per heavy atom. The first-order valence-corrected chi connectivity index (χ1v) is 12.0. The van der Waals surface area contributed by atoms with E-state index in [2.05, 4.69) is 20.6 Å². The highest BCUT2D eigenvalue weighted by Gasteiger charge is 2.19. The van der Waals surface area contributed by atoms with Gasteiger partial charge in [0.1, 0.15) is 23.0 Å². The Hall–Kier alpha value is -5.02. The lowest BCUT2D eigenvalue weighted by molar-refractivity contribution is 0.948. The third-order valence-corrected chi connectivity index (χ3v) is 6.12. The fourth-order valence-corrected chi connectivity index (χ4v) is 4.08. The number of nitrogens with two attached hydrogens (primary N) is 1. The first-order valence-electron chi connectivity index (χ1n) is 11.6. The van der Waals surface area contributed by atoms with Crippen LogP contribution in [0.25, 0.3) is 28.3 Å². The number of nitrogen functional groups attached to an aromatic ring is 1. The Kier molecular flexibility index (Phi) is 6.84. The molecule has 5 rings (SSSR count). The van der Waals surface area contributed by atoms with Gasteiger partial charge in [-0.1, -0.05) is 41.9 Å². The topological polar surface area (TPSA) is 135 Å². The molecule has 0 amide bonds. The van der Waals surface area contributed by atoms with Gasteiger partial charge in [-0.2, -0.15) is 0 Å². The Labute approximate surface area is 223 Å². The third-order valence-electron chi connectivity index (χ3n) is 5.87. The molecule has 2 aromatic heterocycles. The first kappa shape index (κ1) is 24.7. The molecule has 0 radical (unpaired) electrons. The second-order valence-corrected chi connectivity index (χ2v) is 8.76. The zero-order chi connectivity index (χ0) is 26.6. The smallest absolute Gasteiger partial charge is 0.269 e. The van der Waals surface area contributed by atoms with E-state index < -0.39 is 5.56 Å². The summed E-state index contributed by atoms with van der Waals surface area (Å²) in [6.07, 6.45) is 4.12. The van der Waals surface area contributed by atoms with Crippen molar-refractivity contribution in [1.29, 1.82) is 5.41 Å². The van der Waals surface area contributed by atoms with Crippen LogP contribution in [0, 0.1) is 5.41 Å². The molecule has 0 saturated carbocycles. The number of rotatable bonds is 7. The van der Waals surface area contributed by atoms with E-state index in [1.165, 1.54) is 10.8 Å². The van der Waals surface area contributed by atoms with Crippen LogP contribution in [0.5, 0.6) is 0 Å². The third kappa shape index (κ3) is 4.95. The van der Waals surface area contributed by atoms with Crippen LogP contribution in [0.2, 0.25) is 5.02 Å². The molecule has 0 saturated heterocycles. The Bertz CT molecular complexity index is 1660. The maximum atomic E-state index is 13.8. The predicted molar refractivity (Wildman–Crippen MR) is 153 cm³/mol. The summed E-state index contributed by atoms with van der Waals surface area (Å²) < 4.78 is 1.48. The quantitative estimate of drug-likeness (QED) is 0.211. The number of aromatic nitrogens is 4. The second-order valence-electron chi connectivity index (χ2n) is 8.32. The second kappa shape index (κ2) is 10.5. The highest BCUT2D eigenvalue weighted by atomic mass is 35.5. The Morgan fingerprint density at radius 3 is 2.32 bits per heavy atom. The van der Waals surface area contributed by atoms with Gasteiger partial charge in [0.05, 0.1) is 23.8 Å². The van der Waals surface area contributed by atoms with E-state index >= 15 is 0 Å². The van der Waals surface area contributed by atoms with Crippen molar-refractivity contribution in [3.8, 4) is 28.3 Å². The van der Waals surface area contributed by atoms with E-state index in [1.807, 2.05) is 55.6 Å². The SMILES string of the molecule is CNc1cccc(Nc2nc(-c3ccc(-c4cnc(N)cn4)cc3)n(-c3ccc(Cl)cc3)c(=O)c2C=N)c1. The highest BCUT2D eigenvalue weighted by molar-refractivity contribution is 6.30. The van der Waals surface area contributed by atoms with E-state index in [0.29, 0.717) is 33.6 Å². The summed E-state index contributed by atoms with van der Waals surface area (Å²) in [4.78, 5) is 27.1. The molecular weight excluding hydrogens is 500 g/mol. The molecule has 3 aromatic carbocycles. The van der Waals surface area contributed by atoms with Gasteiger partial charge in [-0.3, -0.25) is 14.3 Å². The van der Waals surface area contributed by atoms with Crippen molar-refractivity contribution >= 4 is 40.8 Å². The monoisotopic (exact) mass is 522 g/mol. The average Bonchev–Trinajstić information content (AvgIpc) is 2.94. The molecule has 0 spiro atoms. The van der Waals surface area contributed by atoms with E-state index in [0.717, 1.165) is 23.2 Å². The Balaban J connectivity index is 1.67. The number of benzene rings is 3. The van der Waals surface area contributed by atoms with Crippen molar-refractivity contribution < 1.29 is 0 Å². The molecule has 188 valence electrons. The van der Waals surface area contributed by atoms with Gasteiger partial charge in [0.15, 0.2) is 0 Å². The van der Waals surface area contributed by atoms with E-state index in [1.54, 1.807) is 30.5 Å². The highest BCUT2D eigenvalue weighted by Crippen LogP contribution is 2.28. The van der Waals surface area contributed by atoms with Gasteiger partial charge in [-0.25, -0.2) is 9.97 Å². The molecule has 2 heterocycles. The maximum absolute atomic E-state index is 13.8. The van der Waals surface area contributed by atoms with Crippen LogP contribution >= 0.6 is 11.6 Å². The van der Waals surface area contributed by atoms with Gasteiger partial charge in [0.25, 0.3) is 5.56 Å². The van der Waals surface area contributed by atoms with E-state index in [4.69, 9.17) is 27.7 Å². The minimum Gasteiger partial charge on any atom is -0.388 e. The molecule has 0 unspecified atom stereocenters. The molecule has 5 aromatic rings. The molecule has 5 N–H and O–H groups in total. The van der Waals surface area contributed by atoms with Gasteiger partial charge in [0.2, 0.25) is 0 Å². The number of anilines is 4. The van der Waals surface area contributed by atoms with Crippen LogP contribution in [0.1, 0.15) is 5.56 Å². The van der Waals surface area contributed by atoms with E-state index in [9.17, 15) is 4.79 Å². The fraction of sp³-hybridized carbons (Fsp3) is 0.0357. The van der Waals surface area contributed by atoms with Crippen LogP contribution in [0.15, 0.2) is 90.0 Å². The lowest BCUT2D eigenvalue weighted by Crippen LogP contribution is -2.26. The fourth-order valence-electron chi connectivity index (χ4n) is 3.95. The van der Waals surface area contributed by atoms with Crippen LogP contribution in [0.4, 0.5) is 23.0 Å². The normalized spacial score (nSPS) is 10.7. The zero-order valence-electron chi connectivity index (χ0n) is 20.3. The van der Waals surface area contributed by atoms with Gasteiger partial charge < -0.3 is 21.8 Å². The first-order chi connectivity index (χ1) is 18.5. The lowest BCUT2D eigenvalue weighted by Gasteiger charge is -2.17. The van der Waals surface area contributed by atoms with Crippen LogP contribution < -0.4 is 21.9 Å². The van der Waals surface area contributed by atoms with Crippen molar-refractivity contribution in [2.45, 2.75) is 0 Å². The molecule has 0 aliphatic rings. The summed E-state index contributed by atoms with van der Waals surface area (Å²) in [7, 11) is 1.82. The van der Waals surface area contributed by atoms with Crippen LogP contribution in [0.3, 0.4) is 0 Å². The summed E-state index contributed by atoms with van der Waals surface area (Å²) in [5, 5.41) is 14.8. The molecule has 38 heavy (non-hydrogen) atoms. The van der Waals surface area contributed by atoms with Crippen LogP contribution in [-0.2, 0) is 0 Å².